The molecule has 4 aliphatic carbocycles. The van der Waals surface area contributed by atoms with E-state index < -0.39 is 0 Å². The average molecular weight is 328 g/mol. The number of H-pyrrole nitrogens is 1. The van der Waals surface area contributed by atoms with Crippen molar-refractivity contribution in [2.24, 2.45) is 28.6 Å². The highest BCUT2D eigenvalue weighted by atomic mass is 16.3. The highest BCUT2D eigenvalue weighted by Crippen LogP contribution is 2.65. The SMILES string of the molecule is CC12Cc3cn[nH]c3C=C1CCC1C2C(O)CC2(C)C1CC[C@H]2O. The molecule has 0 saturated heterocycles. The Kier molecular flexibility index (Phi) is 2.99. The maximum Gasteiger partial charge on any atom is 0.0609 e. The Balaban J connectivity index is 1.57. The van der Waals surface area contributed by atoms with Crippen molar-refractivity contribution in [2.75, 3.05) is 0 Å². The van der Waals surface area contributed by atoms with Gasteiger partial charge in [0.15, 0.2) is 0 Å². The number of allylic oxidation sites excluding steroid dienone is 1. The van der Waals surface area contributed by atoms with Gasteiger partial charge >= 0.3 is 0 Å². The molecule has 4 nitrogen and oxygen atoms in total. The van der Waals surface area contributed by atoms with Crippen LogP contribution in [-0.4, -0.2) is 32.6 Å². The molecule has 0 aliphatic heterocycles. The fourth-order valence-electron chi connectivity index (χ4n) is 7.07. The van der Waals surface area contributed by atoms with Gasteiger partial charge in [0, 0.05) is 0 Å². The highest BCUT2D eigenvalue weighted by Gasteiger charge is 2.61. The third kappa shape index (κ3) is 1.74. The van der Waals surface area contributed by atoms with Gasteiger partial charge in [0.2, 0.25) is 0 Å². The van der Waals surface area contributed by atoms with Gasteiger partial charge in [-0.25, -0.2) is 0 Å². The first-order chi connectivity index (χ1) is 11.4. The molecular formula is C20H28N2O2. The molecular weight excluding hydrogens is 300 g/mol. The number of hydrogen-bond acceptors (Lipinski definition) is 3. The minimum Gasteiger partial charge on any atom is -0.393 e. The lowest BCUT2D eigenvalue weighted by Crippen LogP contribution is -2.57. The lowest BCUT2D eigenvalue weighted by molar-refractivity contribution is -0.136. The Morgan fingerprint density at radius 3 is 2.88 bits per heavy atom. The quantitative estimate of drug-likeness (QED) is 0.686. The van der Waals surface area contributed by atoms with Gasteiger partial charge in [-0.1, -0.05) is 19.4 Å². The Bertz CT molecular complexity index is 710. The second kappa shape index (κ2) is 4.73. The summed E-state index contributed by atoms with van der Waals surface area (Å²) in [4.78, 5) is 0. The molecule has 24 heavy (non-hydrogen) atoms. The molecule has 3 N–H and O–H groups in total. The van der Waals surface area contributed by atoms with Crippen LogP contribution in [0, 0.1) is 28.6 Å². The van der Waals surface area contributed by atoms with Gasteiger partial charge in [-0.2, -0.15) is 5.10 Å². The van der Waals surface area contributed by atoms with E-state index in [0.29, 0.717) is 17.8 Å². The van der Waals surface area contributed by atoms with E-state index in [1.807, 2.05) is 6.20 Å². The molecule has 0 spiro atoms. The fraction of sp³-hybridized carbons (Fsp3) is 0.750. The van der Waals surface area contributed by atoms with Crippen LogP contribution in [0.15, 0.2) is 11.8 Å². The molecule has 1 aromatic heterocycles. The van der Waals surface area contributed by atoms with E-state index in [1.54, 1.807) is 0 Å². The summed E-state index contributed by atoms with van der Waals surface area (Å²) in [5, 5.41) is 29.1. The molecule has 1 aromatic rings. The van der Waals surface area contributed by atoms with Crippen LogP contribution in [0.25, 0.3) is 6.08 Å². The van der Waals surface area contributed by atoms with Gasteiger partial charge in [0.1, 0.15) is 0 Å². The molecule has 130 valence electrons. The lowest BCUT2D eigenvalue weighted by atomic mass is 9.46. The van der Waals surface area contributed by atoms with Crippen molar-refractivity contribution in [3.8, 4) is 0 Å². The topological polar surface area (TPSA) is 69.1 Å². The average Bonchev–Trinajstić information content (AvgIpc) is 3.08. The lowest BCUT2D eigenvalue weighted by Gasteiger charge is -2.59. The van der Waals surface area contributed by atoms with Crippen LogP contribution < -0.4 is 0 Å². The van der Waals surface area contributed by atoms with E-state index in [1.165, 1.54) is 11.1 Å². The molecule has 0 radical (unpaired) electrons. The molecule has 0 aromatic carbocycles. The second-order valence-corrected chi connectivity index (χ2v) is 9.28. The zero-order valence-corrected chi connectivity index (χ0v) is 14.6. The van der Waals surface area contributed by atoms with Crippen molar-refractivity contribution in [3.63, 3.8) is 0 Å². The predicted molar refractivity (Wildman–Crippen MR) is 92.1 cm³/mol. The van der Waals surface area contributed by atoms with Gasteiger partial charge in [-0.15, -0.1) is 0 Å². The van der Waals surface area contributed by atoms with E-state index in [0.717, 1.165) is 44.2 Å². The number of nitrogens with zero attached hydrogens (tertiary/aromatic N) is 1. The van der Waals surface area contributed by atoms with Crippen LogP contribution in [0.4, 0.5) is 0 Å². The van der Waals surface area contributed by atoms with Crippen LogP contribution >= 0.6 is 0 Å². The second-order valence-electron chi connectivity index (χ2n) is 9.28. The van der Waals surface area contributed by atoms with Crippen molar-refractivity contribution < 1.29 is 10.2 Å². The van der Waals surface area contributed by atoms with E-state index in [-0.39, 0.29) is 23.0 Å². The third-order valence-electron chi connectivity index (χ3n) is 8.24. The third-order valence-corrected chi connectivity index (χ3v) is 8.24. The zero-order valence-electron chi connectivity index (χ0n) is 14.6. The normalized spacial score (nSPS) is 49.7. The van der Waals surface area contributed by atoms with Crippen LogP contribution in [0.2, 0.25) is 0 Å². The molecule has 0 bridgehead atoms. The molecule has 0 amide bonds. The minimum absolute atomic E-state index is 0.0358. The Morgan fingerprint density at radius 1 is 1.21 bits per heavy atom. The number of fused-ring (bicyclic) bond motifs is 6. The van der Waals surface area contributed by atoms with Crippen LogP contribution in [0.3, 0.4) is 0 Å². The van der Waals surface area contributed by atoms with Crippen molar-refractivity contribution in [1.29, 1.82) is 0 Å². The molecule has 7 atom stereocenters. The minimum atomic E-state index is -0.314. The van der Waals surface area contributed by atoms with E-state index >= 15 is 0 Å². The number of aliphatic hydroxyl groups is 2. The first kappa shape index (κ1) is 15.2. The summed E-state index contributed by atoms with van der Waals surface area (Å²) >= 11 is 0. The summed E-state index contributed by atoms with van der Waals surface area (Å²) in [6.07, 6.45) is 9.73. The van der Waals surface area contributed by atoms with E-state index in [2.05, 4.69) is 30.1 Å². The molecule has 1 heterocycles. The van der Waals surface area contributed by atoms with Crippen LogP contribution in [-0.2, 0) is 6.42 Å². The molecule has 3 saturated carbocycles. The number of rotatable bonds is 0. The van der Waals surface area contributed by atoms with Crippen molar-refractivity contribution in [1.82, 2.24) is 10.2 Å². The molecule has 5 rings (SSSR count). The molecule has 3 fully saturated rings. The van der Waals surface area contributed by atoms with Crippen molar-refractivity contribution >= 4 is 6.08 Å². The van der Waals surface area contributed by atoms with Crippen LogP contribution in [0.1, 0.15) is 57.2 Å². The monoisotopic (exact) mass is 328 g/mol. The van der Waals surface area contributed by atoms with Crippen LogP contribution in [0.5, 0.6) is 0 Å². The maximum atomic E-state index is 11.2. The number of aromatic nitrogens is 2. The maximum absolute atomic E-state index is 11.2. The summed E-state index contributed by atoms with van der Waals surface area (Å²) in [5.74, 6) is 1.40. The van der Waals surface area contributed by atoms with Gasteiger partial charge in [0.25, 0.3) is 0 Å². The van der Waals surface area contributed by atoms with Crippen molar-refractivity contribution in [3.05, 3.63) is 23.0 Å². The molecule has 6 unspecified atom stereocenters. The summed E-state index contributed by atoms with van der Waals surface area (Å²) in [5.41, 5.74) is 3.88. The number of aliphatic hydroxyl groups excluding tert-OH is 2. The number of aromatic amines is 1. The van der Waals surface area contributed by atoms with Gasteiger partial charge in [0.05, 0.1) is 24.1 Å². The van der Waals surface area contributed by atoms with Gasteiger partial charge < -0.3 is 10.2 Å². The van der Waals surface area contributed by atoms with Gasteiger partial charge in [-0.3, -0.25) is 5.10 Å². The Hall–Kier alpha value is -1.13. The first-order valence-corrected chi connectivity index (χ1v) is 9.53. The molecule has 4 heteroatoms. The highest BCUT2D eigenvalue weighted by molar-refractivity contribution is 5.58. The summed E-state index contributed by atoms with van der Waals surface area (Å²) < 4.78 is 0. The number of hydrogen-bond donors (Lipinski definition) is 3. The van der Waals surface area contributed by atoms with E-state index in [9.17, 15) is 10.2 Å². The van der Waals surface area contributed by atoms with Gasteiger partial charge in [-0.05, 0) is 78.7 Å². The smallest absolute Gasteiger partial charge is 0.0609 e. The van der Waals surface area contributed by atoms with Crippen molar-refractivity contribution in [2.45, 2.75) is 64.6 Å². The first-order valence-electron chi connectivity index (χ1n) is 9.53. The fourth-order valence-corrected chi connectivity index (χ4v) is 7.07. The summed E-state index contributed by atoms with van der Waals surface area (Å²) in [7, 11) is 0. The zero-order chi connectivity index (χ0) is 16.7. The predicted octanol–water partition coefficient (Wildman–Crippen LogP) is 2.92. The number of nitrogens with one attached hydrogen (secondary N) is 1. The van der Waals surface area contributed by atoms with E-state index in [4.69, 9.17) is 0 Å². The molecule has 4 aliphatic rings. The summed E-state index contributed by atoms with van der Waals surface area (Å²) in [6.45, 7) is 4.58. The summed E-state index contributed by atoms with van der Waals surface area (Å²) in [6, 6.07) is 0. The Labute approximate surface area is 143 Å². The Morgan fingerprint density at radius 2 is 2.04 bits per heavy atom. The standard InChI is InChI=1S/C20H28N2O2/c1-19-8-11-10-21-22-15(11)7-12(19)3-4-13-14-5-6-17(24)20(14,2)9-16(23)18(13)19/h7,10,13-14,16-18,23-24H,3-6,8-9H2,1-2H3,(H,21,22)/t13?,14?,16?,17-,18?,19?,20?/m1/s1. The largest absolute Gasteiger partial charge is 0.393 e.